The first-order valence-corrected chi connectivity index (χ1v) is 6.25. The summed E-state index contributed by atoms with van der Waals surface area (Å²) >= 11 is 0. The molecule has 1 saturated carbocycles. The van der Waals surface area contributed by atoms with Gasteiger partial charge in [-0.1, -0.05) is 6.92 Å². The molecular weight excluding hydrogens is 236 g/mol. The molecule has 0 radical (unpaired) electrons. The normalized spacial score (nSPS) is 25.1. The predicted octanol–water partition coefficient (Wildman–Crippen LogP) is 0.698. The smallest absolute Gasteiger partial charge is 0.356 e. The number of hydrogen-bond donors (Lipinski definition) is 2. The Labute approximate surface area is 107 Å². The third kappa shape index (κ3) is 3.87. The lowest BCUT2D eigenvalue weighted by atomic mass is 9.87. The summed E-state index contributed by atoms with van der Waals surface area (Å²) in [6.45, 7) is 2.20. The van der Waals surface area contributed by atoms with Crippen molar-refractivity contribution in [2.45, 2.75) is 44.9 Å². The summed E-state index contributed by atoms with van der Waals surface area (Å²) in [4.78, 5) is 23.8. The number of ether oxygens (including phenoxy) is 1. The Morgan fingerprint density at radius 1 is 1.33 bits per heavy atom. The largest absolute Gasteiger partial charge is 0.466 e. The van der Waals surface area contributed by atoms with Gasteiger partial charge in [-0.2, -0.15) is 0 Å². The number of rotatable bonds is 3. The van der Waals surface area contributed by atoms with Crippen LogP contribution < -0.4 is 5.32 Å². The lowest BCUT2D eigenvalue weighted by Crippen LogP contribution is -2.50. The minimum absolute atomic E-state index is 0.126. The fourth-order valence-electron chi connectivity index (χ4n) is 2.06. The quantitative estimate of drug-likeness (QED) is 0.577. The maximum atomic E-state index is 11.8. The third-order valence-electron chi connectivity index (χ3n) is 3.44. The average molecular weight is 258 g/mol. The molecule has 1 atom stereocenters. The number of methoxy groups -OCH3 is 1. The van der Waals surface area contributed by atoms with Gasteiger partial charge in [0.25, 0.3) is 0 Å². The number of nitrogens with zero attached hydrogens (tertiary/aromatic N) is 1. The molecule has 6 nitrogen and oxygen atoms in total. The Bertz CT molecular complexity index is 300. The molecule has 1 aliphatic carbocycles. The van der Waals surface area contributed by atoms with Crippen LogP contribution in [0.25, 0.3) is 0 Å². The molecule has 1 unspecified atom stereocenters. The summed E-state index contributed by atoms with van der Waals surface area (Å²) in [5.74, 6) is -0.138. The summed E-state index contributed by atoms with van der Waals surface area (Å²) in [6.07, 6.45) is 2.50. The van der Waals surface area contributed by atoms with Crippen molar-refractivity contribution in [3.63, 3.8) is 0 Å². The van der Waals surface area contributed by atoms with E-state index in [0.717, 1.165) is 30.6 Å². The minimum atomic E-state index is -1.56. The number of hydrogen-bond acceptors (Lipinski definition) is 4. The molecule has 18 heavy (non-hydrogen) atoms. The van der Waals surface area contributed by atoms with E-state index < -0.39 is 18.2 Å². The molecule has 6 heteroatoms. The monoisotopic (exact) mass is 258 g/mol. The molecule has 104 valence electrons. The second-order valence-electron chi connectivity index (χ2n) is 4.91. The second kappa shape index (κ2) is 6.58. The topological polar surface area (TPSA) is 78.9 Å². The number of nitrogens with one attached hydrogen (secondary N) is 1. The molecule has 0 aromatic heterocycles. The van der Waals surface area contributed by atoms with Crippen molar-refractivity contribution in [1.82, 2.24) is 10.2 Å². The molecule has 0 aromatic carbocycles. The Kier molecular flexibility index (Phi) is 5.40. The fourth-order valence-corrected chi connectivity index (χ4v) is 2.06. The highest BCUT2D eigenvalue weighted by atomic mass is 16.5. The van der Waals surface area contributed by atoms with E-state index >= 15 is 0 Å². The summed E-state index contributed by atoms with van der Waals surface area (Å²) in [7, 11) is 2.53. The molecule has 1 aliphatic rings. The highest BCUT2D eigenvalue weighted by molar-refractivity contribution is 5.82. The number of aliphatic hydroxyl groups is 1. The number of likely N-dealkylation sites (N-methyl/N-ethyl adjacent to an activating group) is 1. The van der Waals surface area contributed by atoms with E-state index in [-0.39, 0.29) is 6.04 Å². The van der Waals surface area contributed by atoms with Crippen LogP contribution in [0.15, 0.2) is 0 Å². The average Bonchev–Trinajstić information content (AvgIpc) is 2.38. The van der Waals surface area contributed by atoms with Gasteiger partial charge < -0.3 is 15.2 Å². The number of carbonyl (C=O) groups is 2. The van der Waals surface area contributed by atoms with Gasteiger partial charge in [0.1, 0.15) is 0 Å². The third-order valence-corrected chi connectivity index (χ3v) is 3.44. The molecule has 0 heterocycles. The van der Waals surface area contributed by atoms with Crippen LogP contribution in [0.5, 0.6) is 0 Å². The Morgan fingerprint density at radius 3 is 2.39 bits per heavy atom. The van der Waals surface area contributed by atoms with Crippen molar-refractivity contribution in [2.75, 3.05) is 14.2 Å². The number of aliphatic hydroxyl groups excluding tert-OH is 1. The maximum absolute atomic E-state index is 11.8. The lowest BCUT2D eigenvalue weighted by molar-refractivity contribution is -0.157. The Balaban J connectivity index is 2.42. The van der Waals surface area contributed by atoms with Crippen LogP contribution in [-0.2, 0) is 9.53 Å². The number of urea groups is 1. The number of amides is 2. The summed E-state index contributed by atoms with van der Waals surface area (Å²) in [5, 5.41) is 12.3. The molecule has 0 aliphatic heterocycles. The van der Waals surface area contributed by atoms with Crippen LogP contribution >= 0.6 is 0 Å². The van der Waals surface area contributed by atoms with Crippen molar-refractivity contribution in [1.29, 1.82) is 0 Å². The Hall–Kier alpha value is -1.30. The highest BCUT2D eigenvalue weighted by Gasteiger charge is 2.27. The van der Waals surface area contributed by atoms with Gasteiger partial charge >= 0.3 is 12.0 Å². The van der Waals surface area contributed by atoms with Crippen molar-refractivity contribution in [3.8, 4) is 0 Å². The van der Waals surface area contributed by atoms with Crippen molar-refractivity contribution < 1.29 is 19.4 Å². The Morgan fingerprint density at radius 2 is 1.89 bits per heavy atom. The molecule has 0 spiro atoms. The van der Waals surface area contributed by atoms with E-state index in [9.17, 15) is 14.7 Å². The maximum Gasteiger partial charge on any atom is 0.356 e. The summed E-state index contributed by atoms with van der Waals surface area (Å²) in [6, 6.07) is -0.326. The van der Waals surface area contributed by atoms with Gasteiger partial charge in [-0.25, -0.2) is 9.59 Å². The zero-order chi connectivity index (χ0) is 13.7. The van der Waals surface area contributed by atoms with Crippen LogP contribution in [0.3, 0.4) is 0 Å². The molecule has 2 N–H and O–H groups in total. The summed E-state index contributed by atoms with van der Waals surface area (Å²) in [5.41, 5.74) is 0. The number of carbonyl (C=O) groups excluding carboxylic acids is 2. The van der Waals surface area contributed by atoms with E-state index in [1.54, 1.807) is 0 Å². The van der Waals surface area contributed by atoms with E-state index in [1.165, 1.54) is 14.2 Å². The molecule has 0 aromatic rings. The van der Waals surface area contributed by atoms with Crippen LogP contribution in [-0.4, -0.2) is 48.4 Å². The minimum Gasteiger partial charge on any atom is -0.466 e. The van der Waals surface area contributed by atoms with Crippen molar-refractivity contribution in [3.05, 3.63) is 0 Å². The zero-order valence-electron chi connectivity index (χ0n) is 11.2. The standard InChI is InChI=1S/C12H22N2O4/c1-8-4-6-9(7-5-8)13-12(17)14(2)10(15)11(16)18-3/h8-10,15H,4-7H2,1-3H3,(H,13,17). The molecule has 0 bridgehead atoms. The van der Waals surface area contributed by atoms with Crippen molar-refractivity contribution in [2.24, 2.45) is 5.92 Å². The second-order valence-corrected chi connectivity index (χ2v) is 4.91. The SMILES string of the molecule is COC(=O)C(O)N(C)C(=O)NC1CCC(C)CC1. The van der Waals surface area contributed by atoms with E-state index in [2.05, 4.69) is 17.0 Å². The molecule has 1 rings (SSSR count). The molecule has 0 saturated heterocycles. The van der Waals surface area contributed by atoms with Gasteiger partial charge in [0.05, 0.1) is 7.11 Å². The first kappa shape index (κ1) is 14.8. The van der Waals surface area contributed by atoms with Crippen molar-refractivity contribution >= 4 is 12.0 Å². The van der Waals surface area contributed by atoms with Gasteiger partial charge in [-0.15, -0.1) is 0 Å². The van der Waals surface area contributed by atoms with E-state index in [4.69, 9.17) is 0 Å². The van der Waals surface area contributed by atoms with Gasteiger partial charge in [0.15, 0.2) is 0 Å². The lowest BCUT2D eigenvalue weighted by Gasteiger charge is -2.29. The molecular formula is C12H22N2O4. The molecule has 2 amide bonds. The first-order valence-electron chi connectivity index (χ1n) is 6.25. The number of esters is 1. The van der Waals surface area contributed by atoms with Crippen LogP contribution in [0.2, 0.25) is 0 Å². The van der Waals surface area contributed by atoms with Crippen LogP contribution in [0, 0.1) is 5.92 Å². The predicted molar refractivity (Wildman–Crippen MR) is 65.7 cm³/mol. The van der Waals surface area contributed by atoms with Gasteiger partial charge in [-0.3, -0.25) is 4.90 Å². The van der Waals surface area contributed by atoms with Gasteiger partial charge in [-0.05, 0) is 31.6 Å². The van der Waals surface area contributed by atoms with E-state index in [0.29, 0.717) is 5.92 Å². The van der Waals surface area contributed by atoms with Crippen LogP contribution in [0.4, 0.5) is 4.79 Å². The fraction of sp³-hybridized carbons (Fsp3) is 0.833. The van der Waals surface area contributed by atoms with E-state index in [1.807, 2.05) is 0 Å². The zero-order valence-corrected chi connectivity index (χ0v) is 11.2. The van der Waals surface area contributed by atoms with Gasteiger partial charge in [0, 0.05) is 13.1 Å². The van der Waals surface area contributed by atoms with Gasteiger partial charge in [0.2, 0.25) is 6.23 Å². The first-order chi connectivity index (χ1) is 8.45. The highest BCUT2D eigenvalue weighted by Crippen LogP contribution is 2.23. The summed E-state index contributed by atoms with van der Waals surface area (Å²) < 4.78 is 4.38. The molecule has 1 fully saturated rings. The van der Waals surface area contributed by atoms with Crippen LogP contribution in [0.1, 0.15) is 32.6 Å².